The number of benzene rings is 1. The number of nitro groups is 1. The number of thiazole rings is 1. The molecule has 4 rings (SSSR count). The average Bonchev–Trinajstić information content (AvgIpc) is 3.40. The molecule has 1 aliphatic heterocycles. The van der Waals surface area contributed by atoms with Gasteiger partial charge in [0.15, 0.2) is 4.80 Å². The van der Waals surface area contributed by atoms with Gasteiger partial charge in [-0.25, -0.2) is 9.79 Å². The monoisotopic (exact) mass is 467 g/mol. The molecule has 10 heteroatoms. The Morgan fingerprint density at radius 3 is 2.72 bits per heavy atom. The summed E-state index contributed by atoms with van der Waals surface area (Å²) in [6.45, 7) is 5.34. The van der Waals surface area contributed by atoms with Crippen LogP contribution in [0.5, 0.6) is 0 Å². The van der Waals surface area contributed by atoms with E-state index in [1.54, 1.807) is 25.1 Å². The summed E-state index contributed by atoms with van der Waals surface area (Å²) in [6.07, 6.45) is 3.14. The van der Waals surface area contributed by atoms with Crippen LogP contribution in [0, 0.1) is 10.1 Å². The Morgan fingerprint density at radius 1 is 1.34 bits per heavy atom. The summed E-state index contributed by atoms with van der Waals surface area (Å²) in [5.74, 6) is -0.547. The molecular weight excluding hydrogens is 450 g/mol. The normalized spacial score (nSPS) is 15.8. The van der Waals surface area contributed by atoms with E-state index in [1.165, 1.54) is 45.4 Å². The average molecular weight is 468 g/mol. The van der Waals surface area contributed by atoms with Gasteiger partial charge in [-0.1, -0.05) is 30.1 Å². The highest BCUT2D eigenvalue weighted by Gasteiger charge is 2.33. The van der Waals surface area contributed by atoms with Crippen LogP contribution in [0.3, 0.4) is 0 Å². The van der Waals surface area contributed by atoms with Crippen molar-refractivity contribution in [2.24, 2.45) is 4.99 Å². The van der Waals surface area contributed by atoms with E-state index in [0.717, 1.165) is 4.88 Å². The van der Waals surface area contributed by atoms with Crippen LogP contribution >= 0.6 is 22.7 Å². The number of esters is 1. The van der Waals surface area contributed by atoms with E-state index in [2.05, 4.69) is 11.6 Å². The van der Waals surface area contributed by atoms with Gasteiger partial charge in [0, 0.05) is 17.0 Å². The van der Waals surface area contributed by atoms with Gasteiger partial charge in [-0.2, -0.15) is 0 Å². The first kappa shape index (κ1) is 21.6. The van der Waals surface area contributed by atoms with Crippen molar-refractivity contribution in [2.45, 2.75) is 13.0 Å². The van der Waals surface area contributed by atoms with Gasteiger partial charge in [-0.15, -0.1) is 11.3 Å². The molecule has 3 aromatic rings. The molecule has 1 atom stereocenters. The van der Waals surface area contributed by atoms with E-state index < -0.39 is 16.9 Å². The summed E-state index contributed by atoms with van der Waals surface area (Å²) in [4.78, 5) is 42.4. The zero-order valence-electron chi connectivity index (χ0n) is 16.9. The number of carbonyl (C=O) groups is 1. The van der Waals surface area contributed by atoms with Crippen LogP contribution in [0.15, 0.2) is 75.5 Å². The molecule has 3 heterocycles. The smallest absolute Gasteiger partial charge is 0.338 e. The summed E-state index contributed by atoms with van der Waals surface area (Å²) in [7, 11) is 0. The van der Waals surface area contributed by atoms with Crippen molar-refractivity contribution in [1.82, 2.24) is 4.57 Å². The van der Waals surface area contributed by atoms with Crippen LogP contribution in [0.4, 0.5) is 5.69 Å². The summed E-state index contributed by atoms with van der Waals surface area (Å²) >= 11 is 2.63. The van der Waals surface area contributed by atoms with Crippen LogP contribution in [0.25, 0.3) is 6.08 Å². The molecular formula is C22H17N3O5S2. The number of nitro benzene ring substituents is 1. The van der Waals surface area contributed by atoms with Crippen molar-refractivity contribution < 1.29 is 14.5 Å². The van der Waals surface area contributed by atoms with Gasteiger partial charge in [0.1, 0.15) is 12.6 Å². The van der Waals surface area contributed by atoms with E-state index in [0.29, 0.717) is 26.2 Å². The highest BCUT2D eigenvalue weighted by molar-refractivity contribution is 7.10. The van der Waals surface area contributed by atoms with Gasteiger partial charge in [0.25, 0.3) is 11.2 Å². The largest absolute Gasteiger partial charge is 0.458 e. The minimum Gasteiger partial charge on any atom is -0.458 e. The summed E-state index contributed by atoms with van der Waals surface area (Å²) < 4.78 is 7.19. The highest BCUT2D eigenvalue weighted by atomic mass is 32.1. The SMILES string of the molecule is C=CCOC(=O)C1=C(C)N=c2s/c(=C\c3ccc([N+](=O)[O-])cc3)c(=O)n2[C@@H]1c1cccs1. The maximum absolute atomic E-state index is 13.4. The Kier molecular flexibility index (Phi) is 5.97. The molecule has 0 fully saturated rings. The predicted octanol–water partition coefficient (Wildman–Crippen LogP) is 2.93. The molecule has 0 N–H and O–H groups in total. The maximum Gasteiger partial charge on any atom is 0.338 e. The number of ether oxygens (including phenoxy) is 1. The summed E-state index contributed by atoms with van der Waals surface area (Å²) in [5, 5.41) is 12.8. The lowest BCUT2D eigenvalue weighted by Gasteiger charge is -2.23. The van der Waals surface area contributed by atoms with Crippen LogP contribution in [0.2, 0.25) is 0 Å². The standard InChI is InChI=1S/C22H17N3O5S2/c1-3-10-30-21(27)18-13(2)23-22-24(19(18)16-5-4-11-31-16)20(26)17(32-22)12-14-6-8-15(9-7-14)25(28)29/h3-9,11-12,19H,1,10H2,2H3/b17-12-/t19-/m1/s1. The van der Waals surface area contributed by atoms with Gasteiger partial charge in [-0.3, -0.25) is 19.5 Å². The Bertz CT molecular complexity index is 1410. The van der Waals surface area contributed by atoms with Crippen molar-refractivity contribution in [2.75, 3.05) is 6.61 Å². The molecule has 0 radical (unpaired) electrons. The van der Waals surface area contributed by atoms with Crippen molar-refractivity contribution in [3.63, 3.8) is 0 Å². The molecule has 162 valence electrons. The van der Waals surface area contributed by atoms with Crippen molar-refractivity contribution in [3.8, 4) is 0 Å². The molecule has 0 bridgehead atoms. The van der Waals surface area contributed by atoms with E-state index in [9.17, 15) is 19.7 Å². The molecule has 0 unspecified atom stereocenters. The zero-order valence-corrected chi connectivity index (χ0v) is 18.5. The maximum atomic E-state index is 13.4. The number of nitrogens with zero attached hydrogens (tertiary/aromatic N) is 3. The van der Waals surface area contributed by atoms with E-state index in [4.69, 9.17) is 4.74 Å². The highest BCUT2D eigenvalue weighted by Crippen LogP contribution is 2.33. The zero-order chi connectivity index (χ0) is 22.8. The number of rotatable bonds is 6. The number of non-ortho nitro benzene ring substituents is 1. The number of carbonyl (C=O) groups excluding carboxylic acids is 1. The second-order valence-corrected chi connectivity index (χ2v) is 8.82. The second-order valence-electron chi connectivity index (χ2n) is 6.83. The Hall–Kier alpha value is -3.63. The Labute approximate surface area is 189 Å². The van der Waals surface area contributed by atoms with Gasteiger partial charge in [0.05, 0.1) is 20.7 Å². The van der Waals surface area contributed by atoms with Gasteiger partial charge in [-0.05, 0) is 42.1 Å². The molecule has 0 saturated carbocycles. The van der Waals surface area contributed by atoms with Crippen LogP contribution < -0.4 is 14.9 Å². The lowest BCUT2D eigenvalue weighted by atomic mass is 10.0. The van der Waals surface area contributed by atoms with Crippen molar-refractivity contribution in [1.29, 1.82) is 0 Å². The van der Waals surface area contributed by atoms with Gasteiger partial charge in [0.2, 0.25) is 0 Å². The minimum atomic E-state index is -0.650. The van der Waals surface area contributed by atoms with Gasteiger partial charge >= 0.3 is 5.97 Å². The quantitative estimate of drug-likeness (QED) is 0.240. The molecule has 0 amide bonds. The summed E-state index contributed by atoms with van der Waals surface area (Å²) in [5.41, 5.74) is 1.12. The minimum absolute atomic E-state index is 0.0281. The molecule has 32 heavy (non-hydrogen) atoms. The number of fused-ring (bicyclic) bond motifs is 1. The molecule has 1 aromatic carbocycles. The number of hydrogen-bond donors (Lipinski definition) is 0. The first-order valence-electron chi connectivity index (χ1n) is 9.49. The third-order valence-electron chi connectivity index (χ3n) is 4.79. The molecule has 0 saturated heterocycles. The van der Waals surface area contributed by atoms with E-state index >= 15 is 0 Å². The third kappa shape index (κ3) is 3.97. The fourth-order valence-corrected chi connectivity index (χ4v) is 5.22. The Morgan fingerprint density at radius 2 is 2.09 bits per heavy atom. The fourth-order valence-electron chi connectivity index (χ4n) is 3.35. The number of allylic oxidation sites excluding steroid dienone is 1. The fraction of sp³-hybridized carbons (Fsp3) is 0.136. The van der Waals surface area contributed by atoms with E-state index in [1.807, 2.05) is 17.5 Å². The topological polar surface area (TPSA) is 104 Å². The van der Waals surface area contributed by atoms with Crippen LogP contribution in [0.1, 0.15) is 23.4 Å². The Balaban J connectivity index is 1.86. The second kappa shape index (κ2) is 8.85. The molecule has 8 nitrogen and oxygen atoms in total. The van der Waals surface area contributed by atoms with Crippen molar-refractivity contribution >= 4 is 40.4 Å². The number of hydrogen-bond acceptors (Lipinski definition) is 8. The lowest BCUT2D eigenvalue weighted by Crippen LogP contribution is -2.39. The number of thiophene rings is 1. The summed E-state index contributed by atoms with van der Waals surface area (Å²) in [6, 6.07) is 9.00. The van der Waals surface area contributed by atoms with Crippen LogP contribution in [-0.2, 0) is 9.53 Å². The molecule has 0 aliphatic carbocycles. The van der Waals surface area contributed by atoms with Crippen LogP contribution in [-0.4, -0.2) is 22.1 Å². The van der Waals surface area contributed by atoms with Gasteiger partial charge < -0.3 is 4.74 Å². The predicted molar refractivity (Wildman–Crippen MR) is 122 cm³/mol. The lowest BCUT2D eigenvalue weighted by molar-refractivity contribution is -0.384. The van der Waals surface area contributed by atoms with E-state index in [-0.39, 0.29) is 17.9 Å². The molecule has 1 aliphatic rings. The third-order valence-corrected chi connectivity index (χ3v) is 6.70. The molecule has 0 spiro atoms. The van der Waals surface area contributed by atoms with Crippen molar-refractivity contribution in [3.05, 3.63) is 106 Å². The first-order chi connectivity index (χ1) is 15.4. The molecule has 2 aromatic heterocycles. The number of aromatic nitrogens is 1. The first-order valence-corrected chi connectivity index (χ1v) is 11.2.